The molecule has 0 aromatic heterocycles. The molecule has 0 aromatic carbocycles. The van der Waals surface area contributed by atoms with Crippen LogP contribution >= 0.6 is 0 Å². The number of carbonyl (C=O) groups excluding carboxylic acids is 3. The zero-order valence-corrected chi connectivity index (χ0v) is 14.4. The summed E-state index contributed by atoms with van der Waals surface area (Å²) in [6, 6.07) is -0.863. The minimum atomic E-state index is -0.466. The molecule has 3 aliphatic rings. The van der Waals surface area contributed by atoms with Gasteiger partial charge in [-0.05, 0) is 31.6 Å². The van der Waals surface area contributed by atoms with Crippen LogP contribution in [-0.2, 0) is 9.59 Å². The number of hydrogen-bond acceptors (Lipinski definition) is 5. The Morgan fingerprint density at radius 3 is 2.79 bits per heavy atom. The molecule has 0 saturated carbocycles. The van der Waals surface area contributed by atoms with E-state index in [9.17, 15) is 14.4 Å². The molecule has 0 radical (unpaired) electrons. The maximum absolute atomic E-state index is 12.4. The molecular formula is C16H27N5O3. The Hall–Kier alpha value is -1.67. The summed E-state index contributed by atoms with van der Waals surface area (Å²) in [6.45, 7) is 3.93. The van der Waals surface area contributed by atoms with Gasteiger partial charge in [-0.15, -0.1) is 0 Å². The topological polar surface area (TPSA) is 93.8 Å². The first-order valence-electron chi connectivity index (χ1n) is 8.83. The van der Waals surface area contributed by atoms with Gasteiger partial charge in [0.05, 0.1) is 6.17 Å². The molecule has 0 bridgehead atoms. The third kappa shape index (κ3) is 3.54. The number of urea groups is 1. The van der Waals surface area contributed by atoms with Crippen LogP contribution in [0.3, 0.4) is 0 Å². The largest absolute Gasteiger partial charge is 0.343 e. The van der Waals surface area contributed by atoms with Crippen molar-refractivity contribution < 1.29 is 14.4 Å². The molecule has 3 saturated heterocycles. The fraction of sp³-hybridized carbons (Fsp3) is 0.812. The minimum absolute atomic E-state index is 0.144. The molecule has 8 nitrogen and oxygen atoms in total. The van der Waals surface area contributed by atoms with E-state index in [4.69, 9.17) is 0 Å². The van der Waals surface area contributed by atoms with Gasteiger partial charge < -0.3 is 9.80 Å². The van der Waals surface area contributed by atoms with Crippen molar-refractivity contribution in [2.24, 2.45) is 5.92 Å². The van der Waals surface area contributed by atoms with Crippen LogP contribution in [0.2, 0.25) is 0 Å². The van der Waals surface area contributed by atoms with Crippen molar-refractivity contribution >= 4 is 17.8 Å². The van der Waals surface area contributed by atoms with E-state index in [1.165, 1.54) is 11.3 Å². The molecule has 8 heteroatoms. The van der Waals surface area contributed by atoms with Gasteiger partial charge in [0.25, 0.3) is 0 Å². The van der Waals surface area contributed by atoms with Crippen molar-refractivity contribution in [1.29, 1.82) is 0 Å². The summed E-state index contributed by atoms with van der Waals surface area (Å²) < 4.78 is 0. The monoisotopic (exact) mass is 337 g/mol. The summed E-state index contributed by atoms with van der Waals surface area (Å²) in [5.41, 5.74) is 0. The molecule has 3 aliphatic heterocycles. The predicted octanol–water partition coefficient (Wildman–Crippen LogP) is -0.190. The highest BCUT2D eigenvalue weighted by Gasteiger charge is 2.45. The predicted molar refractivity (Wildman–Crippen MR) is 87.8 cm³/mol. The first-order chi connectivity index (χ1) is 11.5. The molecule has 3 fully saturated rings. The van der Waals surface area contributed by atoms with Gasteiger partial charge in [-0.3, -0.25) is 25.5 Å². The van der Waals surface area contributed by atoms with Gasteiger partial charge in [-0.2, -0.15) is 0 Å². The van der Waals surface area contributed by atoms with Crippen molar-refractivity contribution in [3.05, 3.63) is 0 Å². The highest BCUT2D eigenvalue weighted by atomic mass is 16.2. The highest BCUT2D eigenvalue weighted by molar-refractivity contribution is 6.00. The van der Waals surface area contributed by atoms with Crippen LogP contribution in [0, 0.1) is 5.92 Å². The Morgan fingerprint density at radius 1 is 1.21 bits per heavy atom. The Labute approximate surface area is 142 Å². The van der Waals surface area contributed by atoms with Gasteiger partial charge >= 0.3 is 6.03 Å². The fourth-order valence-electron chi connectivity index (χ4n) is 3.72. The zero-order valence-electron chi connectivity index (χ0n) is 14.4. The fourth-order valence-corrected chi connectivity index (χ4v) is 3.72. The number of likely N-dealkylation sites (N-methyl/N-ethyl adjacent to an activating group) is 1. The number of nitrogens with zero attached hydrogens (tertiary/aromatic N) is 2. The van der Waals surface area contributed by atoms with E-state index in [1.807, 2.05) is 4.90 Å². The van der Waals surface area contributed by atoms with Crippen LogP contribution in [0.25, 0.3) is 0 Å². The average molecular weight is 337 g/mol. The van der Waals surface area contributed by atoms with Gasteiger partial charge in [0.1, 0.15) is 12.2 Å². The Kier molecular flexibility index (Phi) is 5.05. The molecule has 3 heterocycles. The standard InChI is InChI=1S/C16H27N5O3/c1-10-4-3-8-21(9-7-10)12(22)6-5-11-17-13-14(18-11)20(2)16(24)19-15(13)23/h10-11,13-14,17-18H,3-9H2,1-2H3,(H,19,23,24). The molecule has 4 unspecified atom stereocenters. The van der Waals surface area contributed by atoms with Crippen LogP contribution in [-0.4, -0.2) is 66.2 Å². The molecule has 4 amide bonds. The third-order valence-electron chi connectivity index (χ3n) is 5.33. The molecule has 0 aliphatic carbocycles. The molecular weight excluding hydrogens is 310 g/mol. The lowest BCUT2D eigenvalue weighted by Gasteiger charge is -2.32. The smallest absolute Gasteiger partial charge is 0.325 e. The van der Waals surface area contributed by atoms with Crippen molar-refractivity contribution in [3.63, 3.8) is 0 Å². The molecule has 0 aromatic rings. The summed E-state index contributed by atoms with van der Waals surface area (Å²) in [7, 11) is 1.65. The molecule has 134 valence electrons. The van der Waals surface area contributed by atoms with E-state index in [1.54, 1.807) is 7.05 Å². The van der Waals surface area contributed by atoms with Gasteiger partial charge in [-0.1, -0.05) is 6.92 Å². The number of hydrogen-bond donors (Lipinski definition) is 3. The van der Waals surface area contributed by atoms with E-state index in [-0.39, 0.29) is 24.1 Å². The van der Waals surface area contributed by atoms with Crippen molar-refractivity contribution in [3.8, 4) is 0 Å². The first kappa shape index (κ1) is 17.2. The third-order valence-corrected chi connectivity index (χ3v) is 5.33. The maximum Gasteiger partial charge on any atom is 0.325 e. The van der Waals surface area contributed by atoms with Gasteiger partial charge in [0.15, 0.2) is 0 Å². The summed E-state index contributed by atoms with van der Waals surface area (Å²) in [4.78, 5) is 39.4. The van der Waals surface area contributed by atoms with Gasteiger partial charge in [-0.25, -0.2) is 4.79 Å². The minimum Gasteiger partial charge on any atom is -0.343 e. The second kappa shape index (κ2) is 7.06. The summed E-state index contributed by atoms with van der Waals surface area (Å²) >= 11 is 0. The molecule has 24 heavy (non-hydrogen) atoms. The molecule has 4 atom stereocenters. The number of nitrogens with one attached hydrogen (secondary N) is 3. The SMILES string of the molecule is CC1CCCN(C(=O)CCC2NC3C(=O)NC(=O)N(C)C3N2)CC1. The second-order valence-electron chi connectivity index (χ2n) is 7.17. The Balaban J connectivity index is 1.50. The van der Waals surface area contributed by atoms with Crippen LogP contribution in [0.4, 0.5) is 4.79 Å². The van der Waals surface area contributed by atoms with E-state index in [0.29, 0.717) is 18.8 Å². The Bertz CT molecular complexity index is 526. The molecule has 3 N–H and O–H groups in total. The van der Waals surface area contributed by atoms with Gasteiger partial charge in [0, 0.05) is 26.6 Å². The van der Waals surface area contributed by atoms with E-state index < -0.39 is 12.1 Å². The number of carbonyl (C=O) groups is 3. The first-order valence-corrected chi connectivity index (χ1v) is 8.83. The highest BCUT2D eigenvalue weighted by Crippen LogP contribution is 2.19. The average Bonchev–Trinajstić information content (AvgIpc) is 2.87. The maximum atomic E-state index is 12.4. The van der Waals surface area contributed by atoms with Crippen LogP contribution in [0.5, 0.6) is 0 Å². The van der Waals surface area contributed by atoms with E-state index in [0.717, 1.165) is 25.9 Å². The number of fused-ring (bicyclic) bond motifs is 1. The van der Waals surface area contributed by atoms with Crippen molar-refractivity contribution in [2.75, 3.05) is 20.1 Å². The molecule has 3 rings (SSSR count). The van der Waals surface area contributed by atoms with Crippen LogP contribution < -0.4 is 16.0 Å². The van der Waals surface area contributed by atoms with Crippen LogP contribution in [0.15, 0.2) is 0 Å². The summed E-state index contributed by atoms with van der Waals surface area (Å²) in [6.07, 6.45) is 3.88. The van der Waals surface area contributed by atoms with Crippen molar-refractivity contribution in [1.82, 2.24) is 25.8 Å². The lowest BCUT2D eigenvalue weighted by atomic mass is 10.0. The number of likely N-dealkylation sites (tertiary alicyclic amines) is 1. The van der Waals surface area contributed by atoms with Crippen LogP contribution in [0.1, 0.15) is 39.0 Å². The number of imide groups is 1. The number of rotatable bonds is 3. The molecule has 0 spiro atoms. The lowest BCUT2D eigenvalue weighted by Crippen LogP contribution is -2.64. The van der Waals surface area contributed by atoms with E-state index >= 15 is 0 Å². The summed E-state index contributed by atoms with van der Waals surface area (Å²) in [5, 5.41) is 8.75. The van der Waals surface area contributed by atoms with Gasteiger partial charge in [0.2, 0.25) is 11.8 Å². The van der Waals surface area contributed by atoms with Crippen molar-refractivity contribution in [2.45, 2.75) is 57.4 Å². The summed E-state index contributed by atoms with van der Waals surface area (Å²) in [5.74, 6) is 0.554. The Morgan fingerprint density at radius 2 is 2.00 bits per heavy atom. The quantitative estimate of drug-likeness (QED) is 0.664. The van der Waals surface area contributed by atoms with E-state index in [2.05, 4.69) is 22.9 Å². The number of amides is 4. The second-order valence-corrected chi connectivity index (χ2v) is 7.17. The normalized spacial score (nSPS) is 33.9. The zero-order chi connectivity index (χ0) is 17.3. The lowest BCUT2D eigenvalue weighted by molar-refractivity contribution is -0.131.